The molecular weight excluding hydrogens is 250 g/mol. The predicted octanol–water partition coefficient (Wildman–Crippen LogP) is 1.76. The molecule has 1 aromatic heterocycles. The van der Waals surface area contributed by atoms with Crippen LogP contribution in [-0.2, 0) is 4.79 Å². The fourth-order valence-electron chi connectivity index (χ4n) is 1.70. The van der Waals surface area contributed by atoms with Gasteiger partial charge in [0.1, 0.15) is 6.10 Å². The maximum atomic E-state index is 10.8. The van der Waals surface area contributed by atoms with Gasteiger partial charge in [-0.3, -0.25) is 9.78 Å². The molecule has 0 amide bonds. The Hall–Kier alpha value is -0.910. The average molecular weight is 269 g/mol. The van der Waals surface area contributed by atoms with Crippen molar-refractivity contribution in [1.29, 1.82) is 0 Å². The van der Waals surface area contributed by atoms with Crippen molar-refractivity contribution in [1.82, 2.24) is 4.98 Å². The molecule has 1 aromatic rings. The number of aromatic nitrogens is 1. The van der Waals surface area contributed by atoms with Gasteiger partial charge in [0, 0.05) is 29.6 Å². The number of carbonyl (C=O) groups excluding carboxylic acids is 1. The van der Waals surface area contributed by atoms with E-state index in [4.69, 9.17) is 0 Å². The summed E-state index contributed by atoms with van der Waals surface area (Å²) in [5, 5.41) is 19.9. The first-order valence-corrected chi connectivity index (χ1v) is 6.84. The number of hydrogen-bond acceptors (Lipinski definition) is 5. The quantitative estimate of drug-likeness (QED) is 0.852. The number of carbonyl (C=O) groups is 1. The summed E-state index contributed by atoms with van der Waals surface area (Å²) in [5.41, 5.74) is 2.24. The number of aryl methyl sites for hydroxylation is 2. The van der Waals surface area contributed by atoms with Gasteiger partial charge in [-0.1, -0.05) is 17.8 Å². The molecule has 4 nitrogen and oxygen atoms in total. The van der Waals surface area contributed by atoms with E-state index in [-0.39, 0.29) is 5.12 Å². The third kappa shape index (κ3) is 4.40. The molecule has 5 heteroatoms. The van der Waals surface area contributed by atoms with Crippen molar-refractivity contribution in [2.45, 2.75) is 39.4 Å². The Morgan fingerprint density at radius 3 is 2.61 bits per heavy atom. The van der Waals surface area contributed by atoms with E-state index < -0.39 is 12.2 Å². The summed E-state index contributed by atoms with van der Waals surface area (Å²) in [5.74, 6) is 0.506. The van der Waals surface area contributed by atoms with E-state index in [0.717, 1.165) is 23.1 Å². The van der Waals surface area contributed by atoms with E-state index in [1.807, 2.05) is 19.9 Å². The molecule has 1 rings (SSSR count). The largest absolute Gasteiger partial charge is 0.390 e. The number of thioether (sulfide) groups is 1. The standard InChI is InChI=1S/C13H19NO3S/c1-8-4-5-11(9(2)14-8)13(17)12(16)6-7-18-10(3)15/h4-5,12-13,16-17H,6-7H2,1-3H3. The molecule has 2 N–H and O–H groups in total. The van der Waals surface area contributed by atoms with E-state index >= 15 is 0 Å². The van der Waals surface area contributed by atoms with Gasteiger partial charge in [-0.15, -0.1) is 0 Å². The lowest BCUT2D eigenvalue weighted by molar-refractivity contribution is -0.109. The minimum absolute atomic E-state index is 0.0184. The highest BCUT2D eigenvalue weighted by molar-refractivity contribution is 8.13. The minimum Gasteiger partial charge on any atom is -0.390 e. The molecule has 0 fully saturated rings. The summed E-state index contributed by atoms with van der Waals surface area (Å²) in [6.07, 6.45) is -1.45. The Balaban J connectivity index is 2.62. The van der Waals surface area contributed by atoms with Crippen LogP contribution >= 0.6 is 11.8 Å². The van der Waals surface area contributed by atoms with Crippen LogP contribution in [0.1, 0.15) is 36.4 Å². The highest BCUT2D eigenvalue weighted by Gasteiger charge is 2.20. The lowest BCUT2D eigenvalue weighted by atomic mass is 10.0. The van der Waals surface area contributed by atoms with Crippen LogP contribution < -0.4 is 0 Å². The summed E-state index contributed by atoms with van der Waals surface area (Å²) < 4.78 is 0. The Labute approximate surface area is 111 Å². The number of hydrogen-bond donors (Lipinski definition) is 2. The fourth-order valence-corrected chi connectivity index (χ4v) is 2.35. The van der Waals surface area contributed by atoms with Gasteiger partial charge in [0.05, 0.1) is 6.10 Å². The highest BCUT2D eigenvalue weighted by Crippen LogP contribution is 2.22. The second kappa shape index (κ2) is 6.87. The van der Waals surface area contributed by atoms with Crippen molar-refractivity contribution in [3.05, 3.63) is 29.1 Å². The predicted molar refractivity (Wildman–Crippen MR) is 72.4 cm³/mol. The molecule has 2 unspecified atom stereocenters. The zero-order chi connectivity index (χ0) is 13.7. The minimum atomic E-state index is -0.953. The number of rotatable bonds is 5. The van der Waals surface area contributed by atoms with Crippen molar-refractivity contribution in [2.24, 2.45) is 0 Å². The third-order valence-corrected chi connectivity index (χ3v) is 3.51. The second-order valence-electron chi connectivity index (χ2n) is 4.27. The Bertz CT molecular complexity index is 423. The second-order valence-corrected chi connectivity index (χ2v) is 5.54. The number of aliphatic hydroxyl groups excluding tert-OH is 2. The summed E-state index contributed by atoms with van der Waals surface area (Å²) in [7, 11) is 0. The smallest absolute Gasteiger partial charge is 0.185 e. The first-order chi connectivity index (χ1) is 8.41. The molecular formula is C13H19NO3S. The van der Waals surface area contributed by atoms with Gasteiger partial charge >= 0.3 is 0 Å². The normalized spacial score (nSPS) is 14.3. The van der Waals surface area contributed by atoms with Gasteiger partial charge < -0.3 is 10.2 Å². The molecule has 0 aliphatic heterocycles. The van der Waals surface area contributed by atoms with Crippen LogP contribution in [0.5, 0.6) is 0 Å². The van der Waals surface area contributed by atoms with Gasteiger partial charge in [-0.25, -0.2) is 0 Å². The van der Waals surface area contributed by atoms with Crippen molar-refractivity contribution in [3.63, 3.8) is 0 Å². The van der Waals surface area contributed by atoms with Crippen molar-refractivity contribution in [3.8, 4) is 0 Å². The van der Waals surface area contributed by atoms with Gasteiger partial charge in [-0.2, -0.15) is 0 Å². The molecule has 0 saturated heterocycles. The first kappa shape index (κ1) is 15.1. The highest BCUT2D eigenvalue weighted by atomic mass is 32.2. The van der Waals surface area contributed by atoms with Gasteiger partial charge in [0.2, 0.25) is 0 Å². The fraction of sp³-hybridized carbons (Fsp3) is 0.538. The molecule has 0 saturated carbocycles. The molecule has 0 bridgehead atoms. The molecule has 0 spiro atoms. The molecule has 100 valence electrons. The molecule has 2 atom stereocenters. The Morgan fingerprint density at radius 1 is 1.39 bits per heavy atom. The van der Waals surface area contributed by atoms with E-state index in [9.17, 15) is 15.0 Å². The van der Waals surface area contributed by atoms with Crippen molar-refractivity contribution >= 4 is 16.9 Å². The van der Waals surface area contributed by atoms with Crippen LogP contribution in [0.4, 0.5) is 0 Å². The average Bonchev–Trinajstić information content (AvgIpc) is 2.27. The van der Waals surface area contributed by atoms with Crippen LogP contribution in [-0.4, -0.2) is 32.2 Å². The van der Waals surface area contributed by atoms with E-state index in [0.29, 0.717) is 17.7 Å². The summed E-state index contributed by atoms with van der Waals surface area (Å²) >= 11 is 1.15. The Morgan fingerprint density at radius 2 is 2.06 bits per heavy atom. The molecule has 0 aliphatic carbocycles. The van der Waals surface area contributed by atoms with Gasteiger partial charge in [0.15, 0.2) is 5.12 Å². The van der Waals surface area contributed by atoms with E-state index in [1.54, 1.807) is 6.07 Å². The molecule has 0 aromatic carbocycles. The third-order valence-electron chi connectivity index (χ3n) is 2.67. The maximum absolute atomic E-state index is 10.8. The topological polar surface area (TPSA) is 70.4 Å². The molecule has 1 heterocycles. The zero-order valence-corrected chi connectivity index (χ0v) is 11.7. The molecule has 0 radical (unpaired) electrons. The van der Waals surface area contributed by atoms with Crippen LogP contribution in [0.15, 0.2) is 12.1 Å². The molecule has 0 aliphatic rings. The maximum Gasteiger partial charge on any atom is 0.185 e. The van der Waals surface area contributed by atoms with E-state index in [1.165, 1.54) is 6.92 Å². The van der Waals surface area contributed by atoms with Gasteiger partial charge in [-0.05, 0) is 26.3 Å². The van der Waals surface area contributed by atoms with Crippen LogP contribution in [0.25, 0.3) is 0 Å². The zero-order valence-electron chi connectivity index (χ0n) is 10.9. The first-order valence-electron chi connectivity index (χ1n) is 5.85. The number of nitrogens with zero attached hydrogens (tertiary/aromatic N) is 1. The SMILES string of the molecule is CC(=O)SCCC(O)C(O)c1ccc(C)nc1C. The lowest BCUT2D eigenvalue weighted by Gasteiger charge is -2.19. The van der Waals surface area contributed by atoms with Crippen LogP contribution in [0, 0.1) is 13.8 Å². The van der Waals surface area contributed by atoms with E-state index in [2.05, 4.69) is 4.98 Å². The molecule has 18 heavy (non-hydrogen) atoms. The number of aliphatic hydroxyl groups is 2. The summed E-state index contributed by atoms with van der Waals surface area (Å²) in [6, 6.07) is 3.59. The van der Waals surface area contributed by atoms with Crippen LogP contribution in [0.3, 0.4) is 0 Å². The van der Waals surface area contributed by atoms with Crippen molar-refractivity contribution < 1.29 is 15.0 Å². The van der Waals surface area contributed by atoms with Crippen LogP contribution in [0.2, 0.25) is 0 Å². The lowest BCUT2D eigenvalue weighted by Crippen LogP contribution is -2.20. The number of pyridine rings is 1. The van der Waals surface area contributed by atoms with Crippen molar-refractivity contribution in [2.75, 3.05) is 5.75 Å². The Kier molecular flexibility index (Phi) is 5.78. The van der Waals surface area contributed by atoms with Gasteiger partial charge in [0.25, 0.3) is 0 Å². The summed E-state index contributed by atoms with van der Waals surface area (Å²) in [6.45, 7) is 5.17. The summed E-state index contributed by atoms with van der Waals surface area (Å²) in [4.78, 5) is 15.0. The monoisotopic (exact) mass is 269 g/mol.